The molecule has 0 bridgehead atoms. The molecule has 62 valence electrons. The summed E-state index contributed by atoms with van der Waals surface area (Å²) in [6, 6.07) is 0. The van der Waals surface area contributed by atoms with Crippen LogP contribution in [0.4, 0.5) is 0 Å². The van der Waals surface area contributed by atoms with Crippen LogP contribution in [-0.2, 0) is 0 Å². The molecule has 0 radical (unpaired) electrons. The molecule has 0 unspecified atom stereocenters. The van der Waals surface area contributed by atoms with E-state index in [9.17, 15) is 0 Å². The molecule has 0 atom stereocenters. The Kier molecular flexibility index (Phi) is 3.34. The summed E-state index contributed by atoms with van der Waals surface area (Å²) < 4.78 is 0. The maximum absolute atomic E-state index is 3.79. The highest BCUT2D eigenvalue weighted by atomic mass is 14.0. The Morgan fingerprint density at radius 1 is 1.50 bits per heavy atom. The van der Waals surface area contributed by atoms with Crippen LogP contribution < -0.4 is 0 Å². The quantitative estimate of drug-likeness (QED) is 0.539. The third-order valence-corrected chi connectivity index (χ3v) is 1.60. The summed E-state index contributed by atoms with van der Waals surface area (Å²) in [5.41, 5.74) is 2.43. The summed E-state index contributed by atoms with van der Waals surface area (Å²) in [6.07, 6.45) is 15.6. The van der Waals surface area contributed by atoms with Crippen molar-refractivity contribution >= 4 is 0 Å². The van der Waals surface area contributed by atoms with Crippen LogP contribution in [0.25, 0.3) is 0 Å². The van der Waals surface area contributed by atoms with Crippen LogP contribution in [0.5, 0.6) is 0 Å². The molecule has 0 N–H and O–H groups in total. The van der Waals surface area contributed by atoms with Crippen molar-refractivity contribution in [2.45, 2.75) is 13.3 Å². The molecular formula is C12H14. The van der Waals surface area contributed by atoms with Gasteiger partial charge in [0, 0.05) is 0 Å². The van der Waals surface area contributed by atoms with Crippen molar-refractivity contribution in [1.29, 1.82) is 0 Å². The Bertz CT molecular complexity index is 272. The van der Waals surface area contributed by atoms with E-state index in [4.69, 9.17) is 0 Å². The Hall–Kier alpha value is -1.30. The fourth-order valence-electron chi connectivity index (χ4n) is 0.989. The van der Waals surface area contributed by atoms with Crippen LogP contribution in [0.2, 0.25) is 0 Å². The second-order valence-corrected chi connectivity index (χ2v) is 2.94. The predicted octanol–water partition coefficient (Wildman–Crippen LogP) is 3.56. The van der Waals surface area contributed by atoms with Crippen LogP contribution in [0.3, 0.4) is 0 Å². The number of hydrogen-bond donors (Lipinski definition) is 0. The fourth-order valence-corrected chi connectivity index (χ4v) is 0.989. The Morgan fingerprint density at radius 2 is 2.33 bits per heavy atom. The standard InChI is InChI=1S/C12H14/c1-11(2)7-6-10-12-8-4-3-5-9-12/h3-8,10H,1,9H2,2H3/b7-6-,12-10-. The van der Waals surface area contributed by atoms with Crippen molar-refractivity contribution in [2.24, 2.45) is 0 Å². The van der Waals surface area contributed by atoms with Crippen LogP contribution in [0.1, 0.15) is 13.3 Å². The predicted molar refractivity (Wildman–Crippen MR) is 54.9 cm³/mol. The average Bonchev–Trinajstić information content (AvgIpc) is 2.05. The topological polar surface area (TPSA) is 0 Å². The van der Waals surface area contributed by atoms with Crippen LogP contribution >= 0.6 is 0 Å². The third-order valence-electron chi connectivity index (χ3n) is 1.60. The monoisotopic (exact) mass is 158 g/mol. The minimum atomic E-state index is 1.04. The third kappa shape index (κ3) is 3.20. The van der Waals surface area contributed by atoms with Gasteiger partial charge in [-0.3, -0.25) is 0 Å². The van der Waals surface area contributed by atoms with E-state index < -0.39 is 0 Å². The van der Waals surface area contributed by atoms with E-state index in [2.05, 4.69) is 37.0 Å². The second kappa shape index (κ2) is 4.55. The van der Waals surface area contributed by atoms with Gasteiger partial charge in [-0.2, -0.15) is 0 Å². The fraction of sp³-hybridized carbons (Fsp3) is 0.167. The van der Waals surface area contributed by atoms with Gasteiger partial charge in [0.25, 0.3) is 0 Å². The van der Waals surface area contributed by atoms with E-state index in [0.29, 0.717) is 0 Å². The van der Waals surface area contributed by atoms with Crippen LogP contribution in [0.15, 0.2) is 60.3 Å². The SMILES string of the molecule is C=C(C)/C=C\C=C1\C=CC=CC1. The highest BCUT2D eigenvalue weighted by Crippen LogP contribution is 2.09. The Morgan fingerprint density at radius 3 is 2.92 bits per heavy atom. The molecule has 12 heavy (non-hydrogen) atoms. The van der Waals surface area contributed by atoms with Gasteiger partial charge in [0.05, 0.1) is 0 Å². The summed E-state index contributed by atoms with van der Waals surface area (Å²) in [4.78, 5) is 0. The smallest absolute Gasteiger partial charge is 0.00943 e. The lowest BCUT2D eigenvalue weighted by Gasteiger charge is -1.98. The first-order valence-electron chi connectivity index (χ1n) is 4.15. The normalized spacial score (nSPS) is 19.2. The van der Waals surface area contributed by atoms with Crippen molar-refractivity contribution < 1.29 is 0 Å². The first kappa shape index (κ1) is 8.79. The average molecular weight is 158 g/mol. The zero-order chi connectivity index (χ0) is 8.81. The van der Waals surface area contributed by atoms with Gasteiger partial charge in [0.15, 0.2) is 0 Å². The molecule has 0 saturated heterocycles. The lowest BCUT2D eigenvalue weighted by Crippen LogP contribution is -1.78. The molecule has 0 saturated carbocycles. The Labute approximate surface area is 74.3 Å². The molecule has 0 aliphatic heterocycles. The molecule has 0 aromatic rings. The van der Waals surface area contributed by atoms with Gasteiger partial charge in [-0.15, -0.1) is 0 Å². The molecular weight excluding hydrogens is 144 g/mol. The maximum Gasteiger partial charge on any atom is -0.00943 e. The van der Waals surface area contributed by atoms with Crippen molar-refractivity contribution in [2.75, 3.05) is 0 Å². The van der Waals surface area contributed by atoms with Crippen LogP contribution in [-0.4, -0.2) is 0 Å². The zero-order valence-corrected chi connectivity index (χ0v) is 7.46. The first-order chi connectivity index (χ1) is 5.79. The summed E-state index contributed by atoms with van der Waals surface area (Å²) in [5.74, 6) is 0. The van der Waals surface area contributed by atoms with E-state index in [-0.39, 0.29) is 0 Å². The second-order valence-electron chi connectivity index (χ2n) is 2.94. The summed E-state index contributed by atoms with van der Waals surface area (Å²) >= 11 is 0. The van der Waals surface area contributed by atoms with Gasteiger partial charge in [-0.1, -0.05) is 54.7 Å². The molecule has 0 aromatic heterocycles. The molecule has 0 amide bonds. The lowest BCUT2D eigenvalue weighted by molar-refractivity contribution is 1.26. The van der Waals surface area contributed by atoms with Gasteiger partial charge >= 0.3 is 0 Å². The molecule has 0 aromatic carbocycles. The number of hydrogen-bond acceptors (Lipinski definition) is 0. The molecule has 0 fully saturated rings. The molecule has 0 nitrogen and oxygen atoms in total. The van der Waals surface area contributed by atoms with E-state index >= 15 is 0 Å². The highest BCUT2D eigenvalue weighted by Gasteiger charge is 1.89. The maximum atomic E-state index is 3.79. The minimum Gasteiger partial charge on any atom is -0.0961 e. The van der Waals surface area contributed by atoms with Crippen molar-refractivity contribution in [3.8, 4) is 0 Å². The molecule has 1 aliphatic carbocycles. The molecule has 0 heteroatoms. The van der Waals surface area contributed by atoms with E-state index in [1.165, 1.54) is 5.57 Å². The highest BCUT2D eigenvalue weighted by molar-refractivity contribution is 5.33. The molecule has 1 rings (SSSR count). The summed E-state index contributed by atoms with van der Waals surface area (Å²) in [6.45, 7) is 5.78. The van der Waals surface area contributed by atoms with Gasteiger partial charge < -0.3 is 0 Å². The van der Waals surface area contributed by atoms with Crippen molar-refractivity contribution in [1.82, 2.24) is 0 Å². The number of rotatable bonds is 2. The first-order valence-corrected chi connectivity index (χ1v) is 4.15. The molecule has 1 aliphatic rings. The van der Waals surface area contributed by atoms with Gasteiger partial charge in [0.1, 0.15) is 0 Å². The van der Waals surface area contributed by atoms with Crippen LogP contribution in [0, 0.1) is 0 Å². The van der Waals surface area contributed by atoms with E-state index in [1.807, 2.05) is 19.1 Å². The van der Waals surface area contributed by atoms with E-state index in [0.717, 1.165) is 12.0 Å². The minimum absolute atomic E-state index is 1.04. The Balaban J connectivity index is 2.53. The van der Waals surface area contributed by atoms with Crippen molar-refractivity contribution in [3.63, 3.8) is 0 Å². The lowest BCUT2D eigenvalue weighted by atomic mass is 10.1. The largest absolute Gasteiger partial charge is 0.0961 e. The summed E-state index contributed by atoms with van der Waals surface area (Å²) in [7, 11) is 0. The molecule has 0 spiro atoms. The van der Waals surface area contributed by atoms with E-state index in [1.54, 1.807) is 0 Å². The van der Waals surface area contributed by atoms with Gasteiger partial charge in [-0.05, 0) is 18.9 Å². The summed E-state index contributed by atoms with van der Waals surface area (Å²) in [5, 5.41) is 0. The number of allylic oxidation sites excluding steroid dienone is 9. The van der Waals surface area contributed by atoms with Crippen molar-refractivity contribution in [3.05, 3.63) is 60.3 Å². The molecule has 0 heterocycles. The van der Waals surface area contributed by atoms with Gasteiger partial charge in [0.2, 0.25) is 0 Å². The zero-order valence-electron chi connectivity index (χ0n) is 7.46. The van der Waals surface area contributed by atoms with Gasteiger partial charge in [-0.25, -0.2) is 0 Å².